The van der Waals surface area contributed by atoms with E-state index < -0.39 is 0 Å². The lowest BCUT2D eigenvalue weighted by Gasteiger charge is -2.14. The van der Waals surface area contributed by atoms with E-state index in [1.54, 1.807) is 11.3 Å². The molecule has 0 amide bonds. The van der Waals surface area contributed by atoms with Crippen LogP contribution in [0.1, 0.15) is 24.3 Å². The van der Waals surface area contributed by atoms with E-state index in [0.717, 1.165) is 34.2 Å². The van der Waals surface area contributed by atoms with Gasteiger partial charge >= 0.3 is 0 Å². The van der Waals surface area contributed by atoms with Crippen LogP contribution in [0.25, 0.3) is 11.0 Å². The van der Waals surface area contributed by atoms with Crippen molar-refractivity contribution in [1.29, 1.82) is 0 Å². The van der Waals surface area contributed by atoms with Crippen LogP contribution in [-0.4, -0.2) is 6.54 Å². The van der Waals surface area contributed by atoms with Gasteiger partial charge in [-0.3, -0.25) is 0 Å². The maximum Gasteiger partial charge on any atom is 0.148 e. The van der Waals surface area contributed by atoms with E-state index in [1.807, 2.05) is 12.1 Å². The van der Waals surface area contributed by atoms with Crippen LogP contribution in [0.5, 0.6) is 0 Å². The molecule has 3 rings (SSSR count). The predicted octanol–water partition coefficient (Wildman–Crippen LogP) is 5.15. The fraction of sp³-hybridized carbons (Fsp3) is 0.250. The molecule has 1 N–H and O–H groups in total. The summed E-state index contributed by atoms with van der Waals surface area (Å²) in [5.74, 6) is 1.000. The smallest absolute Gasteiger partial charge is 0.148 e. The Balaban J connectivity index is 1.94. The second kappa shape index (κ2) is 6.12. The molecule has 4 heteroatoms. The molecule has 0 aliphatic rings. The van der Waals surface area contributed by atoms with Crippen LogP contribution < -0.4 is 5.32 Å². The van der Waals surface area contributed by atoms with Crippen LogP contribution >= 0.6 is 27.3 Å². The van der Waals surface area contributed by atoms with E-state index in [2.05, 4.69) is 57.1 Å². The Labute approximate surface area is 130 Å². The lowest BCUT2D eigenvalue weighted by atomic mass is 10.1. The molecule has 0 saturated heterocycles. The quantitative estimate of drug-likeness (QED) is 0.688. The molecule has 0 fully saturated rings. The number of furan rings is 1. The molecule has 1 unspecified atom stereocenters. The number of likely N-dealkylation sites (N-methyl/N-ethyl adjacent to an activating group) is 1. The molecule has 1 atom stereocenters. The van der Waals surface area contributed by atoms with Gasteiger partial charge in [-0.1, -0.05) is 19.1 Å². The van der Waals surface area contributed by atoms with Crippen LogP contribution in [0.3, 0.4) is 0 Å². The molecule has 0 bridgehead atoms. The van der Waals surface area contributed by atoms with Crippen molar-refractivity contribution in [3.63, 3.8) is 0 Å². The van der Waals surface area contributed by atoms with Crippen LogP contribution in [-0.2, 0) is 6.42 Å². The minimum Gasteiger partial charge on any atom is -0.458 e. The van der Waals surface area contributed by atoms with Gasteiger partial charge in [0.15, 0.2) is 0 Å². The van der Waals surface area contributed by atoms with Crippen LogP contribution in [0.4, 0.5) is 0 Å². The highest BCUT2D eigenvalue weighted by atomic mass is 79.9. The van der Waals surface area contributed by atoms with Crippen LogP contribution in [0.2, 0.25) is 0 Å². The van der Waals surface area contributed by atoms with Crippen molar-refractivity contribution >= 4 is 38.2 Å². The van der Waals surface area contributed by atoms with Gasteiger partial charge in [-0.15, -0.1) is 0 Å². The van der Waals surface area contributed by atoms with Crippen molar-refractivity contribution in [3.05, 3.63) is 56.9 Å². The van der Waals surface area contributed by atoms with Crippen molar-refractivity contribution in [2.45, 2.75) is 19.4 Å². The third-order valence-electron chi connectivity index (χ3n) is 3.33. The first-order chi connectivity index (χ1) is 9.78. The molecule has 3 aromatic rings. The molecule has 0 radical (unpaired) electrons. The van der Waals surface area contributed by atoms with Gasteiger partial charge < -0.3 is 9.73 Å². The maximum atomic E-state index is 6.06. The molecule has 104 valence electrons. The van der Waals surface area contributed by atoms with Gasteiger partial charge in [-0.05, 0) is 63.4 Å². The van der Waals surface area contributed by atoms with E-state index in [0.29, 0.717) is 0 Å². The number of nitrogens with one attached hydrogen (secondary N) is 1. The largest absolute Gasteiger partial charge is 0.458 e. The number of fused-ring (bicyclic) bond motifs is 1. The molecular formula is C16H16BrNOS. The molecule has 20 heavy (non-hydrogen) atoms. The Morgan fingerprint density at radius 1 is 1.35 bits per heavy atom. The summed E-state index contributed by atoms with van der Waals surface area (Å²) in [7, 11) is 0. The normalized spacial score (nSPS) is 12.9. The topological polar surface area (TPSA) is 25.2 Å². The molecule has 2 aromatic heterocycles. The fourth-order valence-corrected chi connectivity index (χ4v) is 3.53. The number of hydrogen-bond donors (Lipinski definition) is 1. The van der Waals surface area contributed by atoms with E-state index in [9.17, 15) is 0 Å². The van der Waals surface area contributed by atoms with Crippen molar-refractivity contribution < 1.29 is 4.42 Å². The SMILES string of the molecule is CCNC(Cc1ccsc1)c1cc2cccc(Br)c2o1. The summed E-state index contributed by atoms with van der Waals surface area (Å²) in [5, 5.41) is 8.97. The molecule has 0 aliphatic heterocycles. The third kappa shape index (κ3) is 2.82. The van der Waals surface area contributed by atoms with Gasteiger partial charge in [0, 0.05) is 5.39 Å². The van der Waals surface area contributed by atoms with Gasteiger partial charge in [-0.2, -0.15) is 11.3 Å². The summed E-state index contributed by atoms with van der Waals surface area (Å²) in [6, 6.07) is 10.7. The van der Waals surface area contributed by atoms with Gasteiger partial charge in [-0.25, -0.2) is 0 Å². The molecule has 1 aromatic carbocycles. The number of para-hydroxylation sites is 1. The van der Waals surface area contributed by atoms with Gasteiger partial charge in [0.2, 0.25) is 0 Å². The number of halogens is 1. The Bertz CT molecular complexity index is 690. The summed E-state index contributed by atoms with van der Waals surface area (Å²) in [4.78, 5) is 0. The first-order valence-electron chi connectivity index (χ1n) is 6.70. The predicted molar refractivity (Wildman–Crippen MR) is 88.4 cm³/mol. The number of thiophene rings is 1. The zero-order chi connectivity index (χ0) is 13.9. The molecule has 2 heterocycles. The molecular weight excluding hydrogens is 334 g/mol. The van der Waals surface area contributed by atoms with E-state index in [-0.39, 0.29) is 6.04 Å². The first kappa shape index (κ1) is 13.9. The minimum atomic E-state index is 0.217. The standard InChI is InChI=1S/C16H16BrNOS/c1-2-18-14(8-11-6-7-20-10-11)15-9-12-4-3-5-13(17)16(12)19-15/h3-7,9-10,14,18H,2,8H2,1H3. The zero-order valence-corrected chi connectivity index (χ0v) is 13.6. The van der Waals surface area contributed by atoms with E-state index in [4.69, 9.17) is 4.42 Å². The Kier molecular flexibility index (Phi) is 4.24. The lowest BCUT2D eigenvalue weighted by Crippen LogP contribution is -2.22. The summed E-state index contributed by atoms with van der Waals surface area (Å²) in [5.41, 5.74) is 2.27. The molecule has 2 nitrogen and oxygen atoms in total. The number of rotatable bonds is 5. The minimum absolute atomic E-state index is 0.217. The highest BCUT2D eigenvalue weighted by Gasteiger charge is 2.17. The second-order valence-electron chi connectivity index (χ2n) is 4.75. The molecule has 0 spiro atoms. The molecule has 0 saturated carbocycles. The Morgan fingerprint density at radius 2 is 2.25 bits per heavy atom. The zero-order valence-electron chi connectivity index (χ0n) is 11.2. The summed E-state index contributed by atoms with van der Waals surface area (Å²) in [6.45, 7) is 3.05. The third-order valence-corrected chi connectivity index (χ3v) is 4.69. The molecule has 0 aliphatic carbocycles. The van der Waals surface area contributed by atoms with Crippen molar-refractivity contribution in [2.75, 3.05) is 6.54 Å². The van der Waals surface area contributed by atoms with Crippen molar-refractivity contribution in [2.24, 2.45) is 0 Å². The summed E-state index contributed by atoms with van der Waals surface area (Å²) < 4.78 is 7.06. The number of benzene rings is 1. The van der Waals surface area contributed by atoms with E-state index >= 15 is 0 Å². The fourth-order valence-electron chi connectivity index (χ4n) is 2.38. The summed E-state index contributed by atoms with van der Waals surface area (Å²) in [6.07, 6.45) is 0.953. The highest BCUT2D eigenvalue weighted by molar-refractivity contribution is 9.10. The maximum absolute atomic E-state index is 6.06. The highest BCUT2D eigenvalue weighted by Crippen LogP contribution is 2.31. The van der Waals surface area contributed by atoms with E-state index in [1.165, 1.54) is 5.56 Å². The average molecular weight is 350 g/mol. The second-order valence-corrected chi connectivity index (χ2v) is 6.39. The monoisotopic (exact) mass is 349 g/mol. The van der Waals surface area contributed by atoms with Crippen molar-refractivity contribution in [1.82, 2.24) is 5.32 Å². The van der Waals surface area contributed by atoms with Crippen LogP contribution in [0, 0.1) is 0 Å². The van der Waals surface area contributed by atoms with Gasteiger partial charge in [0.25, 0.3) is 0 Å². The number of hydrogen-bond acceptors (Lipinski definition) is 3. The lowest BCUT2D eigenvalue weighted by molar-refractivity contribution is 0.434. The van der Waals surface area contributed by atoms with Crippen molar-refractivity contribution in [3.8, 4) is 0 Å². The first-order valence-corrected chi connectivity index (χ1v) is 8.44. The Hall–Kier alpha value is -1.10. The Morgan fingerprint density at radius 3 is 2.95 bits per heavy atom. The van der Waals surface area contributed by atoms with Gasteiger partial charge in [0.05, 0.1) is 10.5 Å². The average Bonchev–Trinajstić information content (AvgIpc) is 3.07. The van der Waals surface area contributed by atoms with Crippen LogP contribution in [0.15, 0.2) is 50.0 Å². The summed E-state index contributed by atoms with van der Waals surface area (Å²) >= 11 is 5.28. The van der Waals surface area contributed by atoms with Gasteiger partial charge in [0.1, 0.15) is 11.3 Å².